The highest BCUT2D eigenvalue weighted by molar-refractivity contribution is 5.37. The highest BCUT2D eigenvalue weighted by atomic mass is 14.3. The summed E-state index contributed by atoms with van der Waals surface area (Å²) in [6.07, 6.45) is 38.0. The predicted molar refractivity (Wildman–Crippen MR) is 181 cm³/mol. The molecule has 2 rings (SSSR count). The van der Waals surface area contributed by atoms with Crippen LogP contribution in [-0.4, -0.2) is 0 Å². The Bertz CT molecular complexity index is 1150. The van der Waals surface area contributed by atoms with Crippen LogP contribution in [0.1, 0.15) is 114 Å². The van der Waals surface area contributed by atoms with Gasteiger partial charge in [0.15, 0.2) is 0 Å². The first kappa shape index (κ1) is 33.6. The third-order valence-electron chi connectivity index (χ3n) is 8.61. The molecule has 0 aromatic rings. The molecule has 2 aliphatic rings. The molecular formula is C40H58. The third-order valence-corrected chi connectivity index (χ3v) is 8.61. The minimum atomic E-state index is 0.296. The molecule has 0 heteroatoms. The summed E-state index contributed by atoms with van der Waals surface area (Å²) in [5.41, 5.74) is 10.6. The minimum absolute atomic E-state index is 0.296. The monoisotopic (exact) mass is 538 g/mol. The van der Waals surface area contributed by atoms with Gasteiger partial charge in [-0.3, -0.25) is 0 Å². The third kappa shape index (κ3) is 11.5. The standard InChI is InChI=1S/C40H58/c1-31(19-13-21-33(3)25-27-37-35(5)23-15-29-39(37,7)8)17-11-12-18-32(2)20-14-22-34(4)26-28-38-36(6)24-16-30-40(38,9)10/h11,13-14,17-22,25-28,33H,12,15-16,23-24,29-30H2,1-10H3/b17-11+,20-14+,21-13+,27-25+,28-26+,31-19+,32-18+,34-22+. The first-order valence-corrected chi connectivity index (χ1v) is 15.6. The van der Waals surface area contributed by atoms with Crippen molar-refractivity contribution in [1.29, 1.82) is 0 Å². The molecule has 0 aliphatic heterocycles. The molecule has 0 aromatic carbocycles. The van der Waals surface area contributed by atoms with Gasteiger partial charge in [-0.2, -0.15) is 0 Å². The van der Waals surface area contributed by atoms with Crippen molar-refractivity contribution in [3.05, 3.63) is 118 Å². The van der Waals surface area contributed by atoms with Gasteiger partial charge >= 0.3 is 0 Å². The second kappa shape index (κ2) is 16.0. The molecule has 0 bridgehead atoms. The van der Waals surface area contributed by atoms with E-state index in [1.165, 1.54) is 60.8 Å². The molecule has 1 atom stereocenters. The first-order valence-electron chi connectivity index (χ1n) is 15.6. The van der Waals surface area contributed by atoms with Crippen LogP contribution >= 0.6 is 0 Å². The maximum absolute atomic E-state index is 2.38. The van der Waals surface area contributed by atoms with Crippen molar-refractivity contribution in [3.63, 3.8) is 0 Å². The van der Waals surface area contributed by atoms with Crippen molar-refractivity contribution in [1.82, 2.24) is 0 Å². The Kier molecular flexibility index (Phi) is 13.4. The molecule has 0 heterocycles. The Morgan fingerprint density at radius 2 is 1.25 bits per heavy atom. The van der Waals surface area contributed by atoms with Crippen LogP contribution in [-0.2, 0) is 0 Å². The van der Waals surface area contributed by atoms with E-state index in [2.05, 4.69) is 148 Å². The van der Waals surface area contributed by atoms with E-state index >= 15 is 0 Å². The Morgan fingerprint density at radius 1 is 0.700 bits per heavy atom. The van der Waals surface area contributed by atoms with Crippen LogP contribution in [0.3, 0.4) is 0 Å². The Morgan fingerprint density at radius 3 is 1.85 bits per heavy atom. The van der Waals surface area contributed by atoms with Crippen molar-refractivity contribution in [3.8, 4) is 0 Å². The van der Waals surface area contributed by atoms with Crippen molar-refractivity contribution in [2.45, 2.75) is 114 Å². The van der Waals surface area contributed by atoms with E-state index in [1.54, 1.807) is 16.7 Å². The Labute approximate surface area is 248 Å². The molecule has 0 amide bonds. The van der Waals surface area contributed by atoms with Crippen LogP contribution in [0.5, 0.6) is 0 Å². The summed E-state index contributed by atoms with van der Waals surface area (Å²) >= 11 is 0. The molecular weight excluding hydrogens is 480 g/mol. The van der Waals surface area contributed by atoms with Gasteiger partial charge in [-0.1, -0.05) is 141 Å². The summed E-state index contributed by atoms with van der Waals surface area (Å²) in [6, 6.07) is 0. The van der Waals surface area contributed by atoms with E-state index in [4.69, 9.17) is 0 Å². The number of allylic oxidation sites excluding steroid dienone is 20. The molecule has 218 valence electrons. The molecule has 0 N–H and O–H groups in total. The van der Waals surface area contributed by atoms with E-state index in [-0.39, 0.29) is 0 Å². The summed E-state index contributed by atoms with van der Waals surface area (Å²) in [7, 11) is 0. The van der Waals surface area contributed by atoms with Gasteiger partial charge in [-0.05, 0) is 107 Å². The van der Waals surface area contributed by atoms with Gasteiger partial charge in [0.2, 0.25) is 0 Å². The van der Waals surface area contributed by atoms with Crippen LogP contribution in [0.25, 0.3) is 0 Å². The SMILES string of the molecule is CC1=C(/C=C/C(C)=C/C=C/C(C)=C/C/C=C/C(C)=C/C=C/C(C)/C=C/C2=C(C)CCCC2(C)C)C(C)(C)CCC1. The van der Waals surface area contributed by atoms with Crippen LogP contribution in [0.15, 0.2) is 118 Å². The second-order valence-corrected chi connectivity index (χ2v) is 13.6. The first-order chi connectivity index (χ1) is 18.8. The van der Waals surface area contributed by atoms with Crippen LogP contribution in [0.2, 0.25) is 0 Å². The second-order valence-electron chi connectivity index (χ2n) is 13.6. The molecule has 0 spiro atoms. The fourth-order valence-electron chi connectivity index (χ4n) is 5.97. The molecule has 0 saturated carbocycles. The molecule has 0 radical (unpaired) electrons. The lowest BCUT2D eigenvalue weighted by atomic mass is 9.72. The number of hydrogen-bond acceptors (Lipinski definition) is 0. The van der Waals surface area contributed by atoms with Crippen molar-refractivity contribution in [2.24, 2.45) is 16.7 Å². The molecule has 0 fully saturated rings. The van der Waals surface area contributed by atoms with E-state index in [0.29, 0.717) is 16.7 Å². The average Bonchev–Trinajstić information content (AvgIpc) is 2.85. The highest BCUT2D eigenvalue weighted by Gasteiger charge is 2.27. The van der Waals surface area contributed by atoms with E-state index < -0.39 is 0 Å². The van der Waals surface area contributed by atoms with Crippen molar-refractivity contribution in [2.75, 3.05) is 0 Å². The normalized spacial score (nSPS) is 22.3. The lowest BCUT2D eigenvalue weighted by Crippen LogP contribution is -2.19. The highest BCUT2D eigenvalue weighted by Crippen LogP contribution is 2.41. The Hall–Kier alpha value is -2.60. The minimum Gasteiger partial charge on any atom is -0.0805 e. The fraction of sp³-hybridized carbons (Fsp3) is 0.500. The van der Waals surface area contributed by atoms with Crippen molar-refractivity contribution >= 4 is 0 Å². The topological polar surface area (TPSA) is 0 Å². The van der Waals surface area contributed by atoms with Gasteiger partial charge in [-0.25, -0.2) is 0 Å². The maximum atomic E-state index is 2.38. The molecule has 40 heavy (non-hydrogen) atoms. The maximum Gasteiger partial charge on any atom is -0.00755 e. The van der Waals surface area contributed by atoms with E-state index in [9.17, 15) is 0 Å². The summed E-state index contributed by atoms with van der Waals surface area (Å²) in [5.74, 6) is 0.428. The van der Waals surface area contributed by atoms with Crippen LogP contribution < -0.4 is 0 Å². The zero-order valence-electron chi connectivity index (χ0n) is 27.5. The zero-order valence-corrected chi connectivity index (χ0v) is 27.5. The molecule has 0 nitrogen and oxygen atoms in total. The Balaban J connectivity index is 1.83. The quantitative estimate of drug-likeness (QED) is 0.229. The predicted octanol–water partition coefficient (Wildman–Crippen LogP) is 12.7. The van der Waals surface area contributed by atoms with Gasteiger partial charge in [0.05, 0.1) is 0 Å². The number of rotatable bonds is 11. The van der Waals surface area contributed by atoms with Crippen molar-refractivity contribution < 1.29 is 0 Å². The van der Waals surface area contributed by atoms with Gasteiger partial charge < -0.3 is 0 Å². The fourth-order valence-corrected chi connectivity index (χ4v) is 5.97. The van der Waals surface area contributed by atoms with E-state index in [0.717, 1.165) is 6.42 Å². The summed E-state index contributed by atoms with van der Waals surface area (Å²) in [5, 5.41) is 0. The smallest absolute Gasteiger partial charge is 0.00755 e. The average molecular weight is 539 g/mol. The largest absolute Gasteiger partial charge is 0.0805 e. The molecule has 0 saturated heterocycles. The number of hydrogen-bond donors (Lipinski definition) is 0. The van der Waals surface area contributed by atoms with Gasteiger partial charge in [0, 0.05) is 0 Å². The molecule has 1 unspecified atom stereocenters. The van der Waals surface area contributed by atoms with E-state index in [1.807, 2.05) is 0 Å². The van der Waals surface area contributed by atoms with Gasteiger partial charge in [-0.15, -0.1) is 0 Å². The molecule has 2 aliphatic carbocycles. The lowest BCUT2D eigenvalue weighted by molar-refractivity contribution is 0.376. The van der Waals surface area contributed by atoms with Gasteiger partial charge in [0.1, 0.15) is 0 Å². The summed E-state index contributed by atoms with van der Waals surface area (Å²) in [6.45, 7) is 22.9. The van der Waals surface area contributed by atoms with Crippen LogP contribution in [0, 0.1) is 16.7 Å². The summed E-state index contributed by atoms with van der Waals surface area (Å²) in [4.78, 5) is 0. The van der Waals surface area contributed by atoms with Gasteiger partial charge in [0.25, 0.3) is 0 Å². The van der Waals surface area contributed by atoms with Crippen LogP contribution in [0.4, 0.5) is 0 Å². The molecule has 0 aromatic heterocycles. The lowest BCUT2D eigenvalue weighted by Gasteiger charge is -2.33. The summed E-state index contributed by atoms with van der Waals surface area (Å²) < 4.78 is 0. The zero-order chi connectivity index (χ0) is 29.8.